The molecule has 6 nitrogen and oxygen atoms in total. The van der Waals surface area contributed by atoms with Crippen LogP contribution in [0.1, 0.15) is 57.7 Å². The Labute approximate surface area is 299 Å². The fraction of sp³-hybridized carbons (Fsp3) is 0.205. The summed E-state index contributed by atoms with van der Waals surface area (Å²) < 4.78 is 20.7. The zero-order valence-electron chi connectivity index (χ0n) is 25.5. The minimum absolute atomic E-state index is 0. The third kappa shape index (κ3) is 11.2. The van der Waals surface area contributed by atoms with E-state index in [1.165, 1.54) is 22.3 Å². The molecule has 4 heterocycles. The molecule has 5 aliphatic rings. The van der Waals surface area contributed by atoms with Crippen molar-refractivity contribution in [2.45, 2.75) is 42.5 Å². The van der Waals surface area contributed by atoms with Crippen LogP contribution < -0.4 is 24.3 Å². The number of benzene rings is 4. The van der Waals surface area contributed by atoms with Crippen LogP contribution >= 0.6 is 0 Å². The summed E-state index contributed by atoms with van der Waals surface area (Å²) in [6, 6.07) is 36.2. The van der Waals surface area contributed by atoms with Gasteiger partial charge in [0.25, 0.3) is 0 Å². The summed E-state index contributed by atoms with van der Waals surface area (Å²) in [6.07, 6.45) is 16.7. The Balaban J connectivity index is 0.000000213. The molecule has 50 heavy (non-hydrogen) atoms. The number of para-hydroxylation sites is 5. The van der Waals surface area contributed by atoms with E-state index in [2.05, 4.69) is 71.0 Å². The van der Waals surface area contributed by atoms with Crippen LogP contribution in [0.4, 0.5) is 5.69 Å². The van der Waals surface area contributed by atoms with Crippen LogP contribution in [0, 0.1) is 0 Å². The lowest BCUT2D eigenvalue weighted by atomic mass is 10.1. The van der Waals surface area contributed by atoms with E-state index in [1.54, 1.807) is 0 Å². The van der Waals surface area contributed by atoms with Crippen molar-refractivity contribution in [2.75, 3.05) is 25.4 Å². The number of fused-ring (bicyclic) bond motifs is 5. The van der Waals surface area contributed by atoms with Crippen molar-refractivity contribution in [1.29, 1.82) is 0 Å². The first-order valence-corrected chi connectivity index (χ1v) is 15.4. The smallest absolute Gasteiger partial charge is 0.231 e. The molecule has 0 amide bonds. The second kappa shape index (κ2) is 21.3. The van der Waals surface area contributed by atoms with Gasteiger partial charge < -0.3 is 24.3 Å². The molecule has 0 saturated carbocycles. The molecular formula is C44H52N2O4. The summed E-state index contributed by atoms with van der Waals surface area (Å²) in [5.41, 5.74) is 7.59. The Hall–Kier alpha value is -5.75. The minimum Gasteiger partial charge on any atom is -0.489 e. The van der Waals surface area contributed by atoms with Gasteiger partial charge in [0.2, 0.25) is 6.79 Å². The highest BCUT2D eigenvalue weighted by atomic mass is 16.7. The molecule has 0 unspecified atom stereocenters. The quantitative estimate of drug-likeness (QED) is 0.177. The van der Waals surface area contributed by atoms with Gasteiger partial charge in [-0.2, -0.15) is 0 Å². The summed E-state index contributed by atoms with van der Waals surface area (Å²) in [5, 5.41) is 3.08. The topological polar surface area (TPSA) is 61.8 Å². The van der Waals surface area contributed by atoms with Crippen molar-refractivity contribution >= 4 is 23.9 Å². The fourth-order valence-electron chi connectivity index (χ4n) is 5.10. The van der Waals surface area contributed by atoms with Crippen LogP contribution in [0.25, 0.3) is 18.2 Å². The number of aromatic nitrogens is 1. The molecule has 10 rings (SSSR count). The monoisotopic (exact) mass is 672 g/mol. The van der Waals surface area contributed by atoms with Crippen LogP contribution in [0.5, 0.6) is 23.0 Å². The number of hydrogen-bond donors (Lipinski definition) is 1. The maximum atomic E-state index is 5.34. The SMILES string of the molecule is C.C.C.C.C1=Cc2ccccc2C1.C1=Cc2ccccc2OC1.C1=Cc2ncccc2C1.c1ccc2c(c1)NCO2.c1ccc2c(c1)OCO2. The summed E-state index contributed by atoms with van der Waals surface area (Å²) in [7, 11) is 0. The molecule has 262 valence electrons. The van der Waals surface area contributed by atoms with Gasteiger partial charge in [-0.05, 0) is 78.1 Å². The van der Waals surface area contributed by atoms with Crippen molar-refractivity contribution in [3.05, 3.63) is 162 Å². The van der Waals surface area contributed by atoms with Crippen molar-refractivity contribution < 1.29 is 18.9 Å². The lowest BCUT2D eigenvalue weighted by Gasteiger charge is -2.10. The maximum Gasteiger partial charge on any atom is 0.231 e. The number of rotatable bonds is 0. The third-order valence-electron chi connectivity index (χ3n) is 7.44. The van der Waals surface area contributed by atoms with E-state index in [4.69, 9.17) is 18.9 Å². The molecule has 0 atom stereocenters. The zero-order chi connectivity index (χ0) is 31.2. The van der Waals surface area contributed by atoms with E-state index in [0.717, 1.165) is 47.2 Å². The highest BCUT2D eigenvalue weighted by Gasteiger charge is 2.10. The highest BCUT2D eigenvalue weighted by molar-refractivity contribution is 5.60. The second-order valence-corrected chi connectivity index (χ2v) is 10.5. The molecule has 0 spiro atoms. The first kappa shape index (κ1) is 40.4. The summed E-state index contributed by atoms with van der Waals surface area (Å²) >= 11 is 0. The molecule has 0 radical (unpaired) electrons. The first-order valence-electron chi connectivity index (χ1n) is 15.4. The number of pyridine rings is 1. The molecule has 4 aromatic carbocycles. The first-order chi connectivity index (χ1) is 22.8. The van der Waals surface area contributed by atoms with E-state index in [9.17, 15) is 0 Å². The molecule has 0 saturated heterocycles. The molecular weight excluding hydrogens is 620 g/mol. The minimum atomic E-state index is 0. The number of ether oxygens (including phenoxy) is 4. The van der Waals surface area contributed by atoms with Crippen molar-refractivity contribution in [3.8, 4) is 23.0 Å². The van der Waals surface area contributed by atoms with Gasteiger partial charge in [0.1, 0.15) is 18.1 Å². The van der Waals surface area contributed by atoms with Crippen molar-refractivity contribution in [1.82, 2.24) is 4.98 Å². The van der Waals surface area contributed by atoms with Gasteiger partial charge in [-0.15, -0.1) is 0 Å². The second-order valence-electron chi connectivity index (χ2n) is 10.5. The molecule has 5 aromatic rings. The summed E-state index contributed by atoms with van der Waals surface area (Å²) in [4.78, 5) is 4.17. The lowest BCUT2D eigenvalue weighted by Crippen LogP contribution is -1.98. The predicted molar refractivity (Wildman–Crippen MR) is 212 cm³/mol. The van der Waals surface area contributed by atoms with Gasteiger partial charge >= 0.3 is 0 Å². The van der Waals surface area contributed by atoms with E-state index < -0.39 is 0 Å². The molecule has 6 heteroatoms. The fourth-order valence-corrected chi connectivity index (χ4v) is 5.10. The average Bonchev–Trinajstić information content (AvgIpc) is 3.96. The normalized spacial score (nSPS) is 12.7. The standard InChI is InChI=1S/C9H8O.C9H8.C8H7N.C7H7NO.C7H6O2.4CH4/c1-2-6-9-8(4-1)5-3-7-10-9;1-2-5-9-7-3-6-8(9)4-1;1-3-7-4-2-6-9-8(7)5-1;2*1-2-4-7-6(3-1)8-5-9-7;;;;/h1-6H,7H2;1-6H,7H2;1-2,4-6H,3H2;1-4,8H,5H2;1-4H,5H2;4*1H4. The number of hydrogen-bond acceptors (Lipinski definition) is 6. The average molecular weight is 673 g/mol. The van der Waals surface area contributed by atoms with E-state index in [0.29, 0.717) is 20.1 Å². The molecule has 1 N–H and O–H groups in total. The Morgan fingerprint density at radius 1 is 0.480 bits per heavy atom. The molecule has 0 bridgehead atoms. The van der Waals surface area contributed by atoms with Crippen LogP contribution in [0.15, 0.2) is 134 Å². The van der Waals surface area contributed by atoms with E-state index in [-0.39, 0.29) is 29.7 Å². The predicted octanol–water partition coefficient (Wildman–Crippen LogP) is 11.4. The van der Waals surface area contributed by atoms with Crippen LogP contribution in [0.2, 0.25) is 0 Å². The lowest BCUT2D eigenvalue weighted by molar-refractivity contribution is 0.174. The van der Waals surface area contributed by atoms with Crippen LogP contribution in [-0.2, 0) is 12.8 Å². The Morgan fingerprint density at radius 2 is 1.06 bits per heavy atom. The van der Waals surface area contributed by atoms with Gasteiger partial charge in [0.15, 0.2) is 18.2 Å². The molecule has 0 fully saturated rings. The third-order valence-corrected chi connectivity index (χ3v) is 7.44. The molecule has 1 aromatic heterocycles. The van der Waals surface area contributed by atoms with Gasteiger partial charge in [-0.3, -0.25) is 4.98 Å². The highest BCUT2D eigenvalue weighted by Crippen LogP contribution is 2.30. The Morgan fingerprint density at radius 3 is 1.76 bits per heavy atom. The van der Waals surface area contributed by atoms with E-state index in [1.807, 2.05) is 91.1 Å². The molecule has 3 aliphatic heterocycles. The number of nitrogens with one attached hydrogen (secondary N) is 1. The van der Waals surface area contributed by atoms with Crippen molar-refractivity contribution in [2.24, 2.45) is 0 Å². The van der Waals surface area contributed by atoms with Gasteiger partial charge in [-0.1, -0.05) is 127 Å². The number of allylic oxidation sites excluding steroid dienone is 2. The van der Waals surface area contributed by atoms with Crippen LogP contribution in [-0.4, -0.2) is 25.1 Å². The Bertz CT molecular complexity index is 1660. The number of anilines is 1. The maximum absolute atomic E-state index is 5.34. The number of nitrogens with zero attached hydrogens (tertiary/aromatic N) is 1. The van der Waals surface area contributed by atoms with Gasteiger partial charge in [0, 0.05) is 11.8 Å². The largest absolute Gasteiger partial charge is 0.489 e. The zero-order valence-corrected chi connectivity index (χ0v) is 25.5. The van der Waals surface area contributed by atoms with Crippen LogP contribution in [0.3, 0.4) is 0 Å². The van der Waals surface area contributed by atoms with Gasteiger partial charge in [-0.25, -0.2) is 0 Å². The Kier molecular flexibility index (Phi) is 17.2. The van der Waals surface area contributed by atoms with E-state index >= 15 is 0 Å². The van der Waals surface area contributed by atoms with Gasteiger partial charge in [0.05, 0.1) is 11.4 Å². The molecule has 2 aliphatic carbocycles. The summed E-state index contributed by atoms with van der Waals surface area (Å²) in [5.74, 6) is 3.64. The van der Waals surface area contributed by atoms with Crippen molar-refractivity contribution in [3.63, 3.8) is 0 Å². The summed E-state index contributed by atoms with van der Waals surface area (Å²) in [6.45, 7) is 1.68.